The second kappa shape index (κ2) is 18.1. The number of carbonyl (C=O) groups excluding carboxylic acids is 4. The zero-order chi connectivity index (χ0) is 30.1. The van der Waals surface area contributed by atoms with E-state index in [9.17, 15) is 34.2 Å². The molecule has 39 heavy (non-hydrogen) atoms. The minimum atomic E-state index is -1.68. The second-order valence-electron chi connectivity index (χ2n) is 8.70. The number of aliphatic hydroxyl groups is 1. The van der Waals surface area contributed by atoms with Crippen molar-refractivity contribution >= 4 is 41.5 Å². The van der Waals surface area contributed by atoms with Gasteiger partial charge < -0.3 is 60.6 Å². The van der Waals surface area contributed by atoms with Crippen LogP contribution in [-0.2, 0) is 24.0 Å². The Hall–Kier alpha value is -4.19. The van der Waals surface area contributed by atoms with Gasteiger partial charge in [0.15, 0.2) is 18.0 Å². The number of amides is 4. The highest BCUT2D eigenvalue weighted by molar-refractivity contribution is 5.94. The van der Waals surface area contributed by atoms with Gasteiger partial charge >= 0.3 is 5.97 Å². The van der Waals surface area contributed by atoms with E-state index in [-0.39, 0.29) is 57.1 Å². The number of aliphatic hydroxyl groups excluding tert-OH is 1. The van der Waals surface area contributed by atoms with Crippen molar-refractivity contribution in [3.8, 4) is 0 Å². The highest BCUT2D eigenvalue weighted by atomic mass is 16.4. The molecule has 222 valence electrons. The summed E-state index contributed by atoms with van der Waals surface area (Å²) in [4.78, 5) is 68.8. The van der Waals surface area contributed by atoms with Gasteiger partial charge in [-0.2, -0.15) is 0 Å². The molecule has 0 fully saturated rings. The summed E-state index contributed by atoms with van der Waals surface area (Å²) in [6.45, 7) is 1.53. The molecule has 0 radical (unpaired) electrons. The highest BCUT2D eigenvalue weighted by Crippen LogP contribution is 2.06. The van der Waals surface area contributed by atoms with Gasteiger partial charge in [0, 0.05) is 19.5 Å². The molecule has 0 aliphatic heterocycles. The summed E-state index contributed by atoms with van der Waals surface area (Å²) in [6.07, 6.45) is -1.20. The minimum Gasteiger partial charge on any atom is -0.480 e. The average molecular weight is 560 g/mol. The van der Waals surface area contributed by atoms with Crippen LogP contribution in [0, 0.1) is 0 Å². The van der Waals surface area contributed by atoms with Crippen molar-refractivity contribution in [2.75, 3.05) is 13.1 Å². The predicted molar refractivity (Wildman–Crippen MR) is 141 cm³/mol. The molecule has 4 amide bonds. The molecule has 0 aromatic rings. The Morgan fingerprint density at radius 2 is 1.21 bits per heavy atom. The molecule has 0 aromatic carbocycles. The van der Waals surface area contributed by atoms with Gasteiger partial charge in [-0.3, -0.25) is 29.2 Å². The summed E-state index contributed by atoms with van der Waals surface area (Å²) in [7, 11) is 0. The zero-order valence-corrected chi connectivity index (χ0v) is 21.8. The molecule has 0 saturated carbocycles. The van der Waals surface area contributed by atoms with Gasteiger partial charge in [0.25, 0.3) is 0 Å². The van der Waals surface area contributed by atoms with Gasteiger partial charge in [0.1, 0.15) is 12.1 Å². The monoisotopic (exact) mass is 559 g/mol. The molecule has 0 aliphatic rings. The first-order valence-electron chi connectivity index (χ1n) is 12.1. The second-order valence-corrected chi connectivity index (χ2v) is 8.70. The molecule has 17 N–H and O–H groups in total. The third-order valence-corrected chi connectivity index (χ3v) is 5.24. The van der Waals surface area contributed by atoms with Crippen LogP contribution in [0.3, 0.4) is 0 Å². The predicted octanol–water partition coefficient (Wildman–Crippen LogP) is -5.39. The van der Waals surface area contributed by atoms with E-state index >= 15 is 0 Å². The van der Waals surface area contributed by atoms with Crippen LogP contribution in [0.1, 0.15) is 45.4 Å². The highest BCUT2D eigenvalue weighted by Gasteiger charge is 2.32. The molecule has 5 atom stereocenters. The van der Waals surface area contributed by atoms with Crippen LogP contribution >= 0.6 is 0 Å². The zero-order valence-electron chi connectivity index (χ0n) is 21.8. The van der Waals surface area contributed by atoms with Crippen LogP contribution < -0.4 is 50.4 Å². The fourth-order valence-corrected chi connectivity index (χ4v) is 3.17. The largest absolute Gasteiger partial charge is 0.480 e. The van der Waals surface area contributed by atoms with Crippen molar-refractivity contribution in [2.45, 2.75) is 75.7 Å². The molecule has 18 heteroatoms. The summed E-state index contributed by atoms with van der Waals surface area (Å²) >= 11 is 0. The maximum absolute atomic E-state index is 13.1. The Bertz CT molecular complexity index is 903. The Balaban J connectivity index is 5.63. The van der Waals surface area contributed by atoms with E-state index in [1.807, 2.05) is 0 Å². The number of guanidine groups is 2. The molecule has 18 nitrogen and oxygen atoms in total. The third-order valence-electron chi connectivity index (χ3n) is 5.24. The Morgan fingerprint density at radius 3 is 1.67 bits per heavy atom. The fraction of sp³-hybridized carbons (Fsp3) is 0.667. The number of carbonyl (C=O) groups is 5. The van der Waals surface area contributed by atoms with Crippen LogP contribution in [0.25, 0.3) is 0 Å². The van der Waals surface area contributed by atoms with Crippen molar-refractivity contribution in [3.05, 3.63) is 0 Å². The Labute approximate surface area is 225 Å². The number of nitrogens with one attached hydrogen (secondary N) is 3. The van der Waals surface area contributed by atoms with Crippen LogP contribution in [0.4, 0.5) is 0 Å². The maximum atomic E-state index is 13.1. The first-order valence-corrected chi connectivity index (χ1v) is 12.1. The Morgan fingerprint density at radius 1 is 0.744 bits per heavy atom. The number of rotatable bonds is 19. The summed E-state index contributed by atoms with van der Waals surface area (Å²) in [5, 5.41) is 25.9. The van der Waals surface area contributed by atoms with Gasteiger partial charge in [0.05, 0.1) is 12.1 Å². The van der Waals surface area contributed by atoms with E-state index in [4.69, 9.17) is 34.4 Å². The van der Waals surface area contributed by atoms with Crippen molar-refractivity contribution in [1.82, 2.24) is 16.0 Å². The summed E-state index contributed by atoms with van der Waals surface area (Å²) in [6, 6.07) is -5.32. The van der Waals surface area contributed by atoms with Crippen molar-refractivity contribution in [1.29, 1.82) is 0 Å². The summed E-state index contributed by atoms with van der Waals surface area (Å²) in [5.74, 6) is -5.05. The first kappa shape index (κ1) is 34.8. The molecule has 0 spiro atoms. The van der Waals surface area contributed by atoms with Crippen molar-refractivity contribution in [3.63, 3.8) is 0 Å². The minimum absolute atomic E-state index is 0.0324. The molecule has 0 heterocycles. The molecule has 0 aliphatic carbocycles. The number of hydrogen-bond acceptors (Lipinski definition) is 9. The Kier molecular flexibility index (Phi) is 16.2. The van der Waals surface area contributed by atoms with E-state index in [2.05, 4.69) is 25.9 Å². The lowest BCUT2D eigenvalue weighted by Crippen LogP contribution is -2.58. The lowest BCUT2D eigenvalue weighted by molar-refractivity contribution is -0.145. The van der Waals surface area contributed by atoms with Gasteiger partial charge in [-0.15, -0.1) is 0 Å². The van der Waals surface area contributed by atoms with Gasteiger partial charge in [-0.25, -0.2) is 4.79 Å². The lowest BCUT2D eigenvalue weighted by atomic mass is 10.1. The number of hydrogen-bond donors (Lipinski definition) is 11. The maximum Gasteiger partial charge on any atom is 0.328 e. The van der Waals surface area contributed by atoms with E-state index in [0.29, 0.717) is 6.42 Å². The molecule has 5 unspecified atom stereocenters. The summed E-state index contributed by atoms with van der Waals surface area (Å²) in [5.41, 5.74) is 32.2. The van der Waals surface area contributed by atoms with Crippen molar-refractivity contribution in [2.24, 2.45) is 44.4 Å². The fourth-order valence-electron chi connectivity index (χ4n) is 3.17. The first-order chi connectivity index (χ1) is 18.1. The SMILES string of the molecule is CC(O)C(NC(=O)C(CCC(N)=O)NC(=O)C(CCCN=C(N)N)NC(=O)C(N)CCCN=C(N)N)C(=O)O. The number of nitrogens with two attached hydrogens (primary N) is 6. The molecule has 0 saturated heterocycles. The van der Waals surface area contributed by atoms with Gasteiger partial charge in [-0.1, -0.05) is 0 Å². The van der Waals surface area contributed by atoms with Crippen LogP contribution in [0.5, 0.6) is 0 Å². The van der Waals surface area contributed by atoms with E-state index in [1.165, 1.54) is 0 Å². The van der Waals surface area contributed by atoms with Crippen molar-refractivity contribution < 1.29 is 34.2 Å². The summed E-state index contributed by atoms with van der Waals surface area (Å²) < 4.78 is 0. The number of aliphatic imine (C=N–C) groups is 2. The van der Waals surface area contributed by atoms with E-state index in [0.717, 1.165) is 6.92 Å². The molecule has 0 aromatic heterocycles. The number of primary amides is 1. The number of carboxylic acid groups (broad SMARTS) is 1. The molecular formula is C21H41N11O7. The van der Waals surface area contributed by atoms with Crippen LogP contribution in [0.2, 0.25) is 0 Å². The normalized spacial score (nSPS) is 14.4. The standard InChI is InChI=1S/C21H41N11O7/c1-10(33)15(19(38)39)32-18(37)13(6-7-14(23)34)31-17(36)12(5-3-9-29-21(26)27)30-16(35)11(22)4-2-8-28-20(24)25/h10-13,15,33H,2-9,22H2,1H3,(H2,23,34)(H,30,35)(H,31,36)(H,32,37)(H,38,39)(H4,24,25,28)(H4,26,27,29). The van der Waals surface area contributed by atoms with E-state index in [1.54, 1.807) is 0 Å². The molecule has 0 rings (SSSR count). The molecular weight excluding hydrogens is 518 g/mol. The lowest BCUT2D eigenvalue weighted by Gasteiger charge is -2.25. The third kappa shape index (κ3) is 15.6. The average Bonchev–Trinajstić information content (AvgIpc) is 2.83. The number of nitrogens with zero attached hydrogens (tertiary/aromatic N) is 2. The van der Waals surface area contributed by atoms with E-state index < -0.39 is 59.9 Å². The smallest absolute Gasteiger partial charge is 0.328 e. The van der Waals surface area contributed by atoms with Crippen LogP contribution in [-0.4, -0.2) is 95.1 Å². The molecule has 0 bridgehead atoms. The van der Waals surface area contributed by atoms with Gasteiger partial charge in [-0.05, 0) is 39.0 Å². The quantitative estimate of drug-likeness (QED) is 0.0401. The van der Waals surface area contributed by atoms with Crippen LogP contribution in [0.15, 0.2) is 9.98 Å². The number of carboxylic acids is 1. The van der Waals surface area contributed by atoms with Gasteiger partial charge in [0.2, 0.25) is 23.6 Å². The topological polar surface area (TPSA) is 343 Å². The number of aliphatic carboxylic acids is 1.